The summed E-state index contributed by atoms with van der Waals surface area (Å²) in [5, 5.41) is 0. The standard InChI is InChI=1S/C11H23N/c1-4-11(9-10(2)3)12-7-5-6-8-12/h10-11H,4-9H2,1-3H3. The van der Waals surface area contributed by atoms with Gasteiger partial charge in [0.15, 0.2) is 0 Å². The zero-order valence-corrected chi connectivity index (χ0v) is 8.84. The lowest BCUT2D eigenvalue weighted by Crippen LogP contribution is -2.33. The van der Waals surface area contributed by atoms with Gasteiger partial charge in [-0.15, -0.1) is 0 Å². The summed E-state index contributed by atoms with van der Waals surface area (Å²) in [6, 6.07) is 0.868. The lowest BCUT2D eigenvalue weighted by atomic mass is 10.0. The molecule has 0 aromatic rings. The molecule has 12 heavy (non-hydrogen) atoms. The van der Waals surface area contributed by atoms with Gasteiger partial charge in [0.05, 0.1) is 0 Å². The summed E-state index contributed by atoms with van der Waals surface area (Å²) in [5.41, 5.74) is 0. The van der Waals surface area contributed by atoms with Gasteiger partial charge in [0.2, 0.25) is 0 Å². The smallest absolute Gasteiger partial charge is 0.00950 e. The van der Waals surface area contributed by atoms with Crippen LogP contribution in [-0.4, -0.2) is 24.0 Å². The van der Waals surface area contributed by atoms with Gasteiger partial charge in [-0.1, -0.05) is 20.8 Å². The van der Waals surface area contributed by atoms with Crippen molar-refractivity contribution in [3.63, 3.8) is 0 Å². The molecule has 1 unspecified atom stereocenters. The Labute approximate surface area is 77.1 Å². The van der Waals surface area contributed by atoms with E-state index in [9.17, 15) is 0 Å². The van der Waals surface area contributed by atoms with E-state index in [1.165, 1.54) is 38.8 Å². The molecule has 1 heterocycles. The van der Waals surface area contributed by atoms with Crippen LogP contribution in [0.3, 0.4) is 0 Å². The van der Waals surface area contributed by atoms with E-state index in [2.05, 4.69) is 25.7 Å². The predicted molar refractivity (Wildman–Crippen MR) is 54.3 cm³/mol. The van der Waals surface area contributed by atoms with Crippen molar-refractivity contribution in [2.24, 2.45) is 5.92 Å². The van der Waals surface area contributed by atoms with E-state index in [1.807, 2.05) is 0 Å². The lowest BCUT2D eigenvalue weighted by Gasteiger charge is -2.27. The second-order valence-corrected chi connectivity index (χ2v) is 4.43. The third-order valence-electron chi connectivity index (χ3n) is 2.87. The van der Waals surface area contributed by atoms with Gasteiger partial charge in [0.1, 0.15) is 0 Å². The van der Waals surface area contributed by atoms with Crippen LogP contribution in [0.25, 0.3) is 0 Å². The first kappa shape index (κ1) is 10.0. The van der Waals surface area contributed by atoms with Crippen LogP contribution in [0.4, 0.5) is 0 Å². The van der Waals surface area contributed by atoms with Gasteiger partial charge < -0.3 is 4.90 Å². The van der Waals surface area contributed by atoms with Gasteiger partial charge in [-0.25, -0.2) is 0 Å². The highest BCUT2D eigenvalue weighted by Crippen LogP contribution is 2.19. The molecule has 0 amide bonds. The first-order valence-corrected chi connectivity index (χ1v) is 5.48. The van der Waals surface area contributed by atoms with E-state index in [1.54, 1.807) is 0 Å². The topological polar surface area (TPSA) is 3.24 Å². The molecule has 1 rings (SSSR count). The van der Waals surface area contributed by atoms with Gasteiger partial charge in [-0.3, -0.25) is 0 Å². The molecule has 1 atom stereocenters. The average molecular weight is 169 g/mol. The SMILES string of the molecule is CCC(CC(C)C)N1CCCC1. The molecule has 0 aromatic heterocycles. The number of hydrogen-bond donors (Lipinski definition) is 0. The van der Waals surface area contributed by atoms with Crippen molar-refractivity contribution >= 4 is 0 Å². The first-order valence-electron chi connectivity index (χ1n) is 5.48. The summed E-state index contributed by atoms with van der Waals surface area (Å²) < 4.78 is 0. The van der Waals surface area contributed by atoms with Crippen LogP contribution < -0.4 is 0 Å². The van der Waals surface area contributed by atoms with Crippen molar-refractivity contribution in [3.05, 3.63) is 0 Å². The van der Waals surface area contributed by atoms with Crippen molar-refractivity contribution in [2.75, 3.05) is 13.1 Å². The molecule has 1 nitrogen and oxygen atoms in total. The average Bonchev–Trinajstić information content (AvgIpc) is 2.51. The van der Waals surface area contributed by atoms with Crippen molar-refractivity contribution < 1.29 is 0 Å². The number of likely N-dealkylation sites (tertiary alicyclic amines) is 1. The van der Waals surface area contributed by atoms with Gasteiger partial charge in [-0.2, -0.15) is 0 Å². The van der Waals surface area contributed by atoms with Crippen LogP contribution in [0.15, 0.2) is 0 Å². The van der Waals surface area contributed by atoms with E-state index in [0.717, 1.165) is 12.0 Å². The van der Waals surface area contributed by atoms with E-state index in [-0.39, 0.29) is 0 Å². The minimum atomic E-state index is 0.857. The minimum absolute atomic E-state index is 0.857. The fraction of sp³-hybridized carbons (Fsp3) is 1.00. The van der Waals surface area contributed by atoms with E-state index in [0.29, 0.717) is 0 Å². The summed E-state index contributed by atoms with van der Waals surface area (Å²) >= 11 is 0. The van der Waals surface area contributed by atoms with Crippen molar-refractivity contribution in [1.29, 1.82) is 0 Å². The fourth-order valence-electron chi connectivity index (χ4n) is 2.22. The Balaban J connectivity index is 2.32. The third kappa shape index (κ3) is 2.78. The van der Waals surface area contributed by atoms with Crippen LogP contribution in [-0.2, 0) is 0 Å². The van der Waals surface area contributed by atoms with Gasteiger partial charge in [0, 0.05) is 6.04 Å². The van der Waals surface area contributed by atoms with E-state index >= 15 is 0 Å². The maximum atomic E-state index is 2.68. The van der Waals surface area contributed by atoms with Gasteiger partial charge in [0.25, 0.3) is 0 Å². The second-order valence-electron chi connectivity index (χ2n) is 4.43. The molecular weight excluding hydrogens is 146 g/mol. The van der Waals surface area contributed by atoms with Crippen LogP contribution in [0, 0.1) is 5.92 Å². The Morgan fingerprint density at radius 3 is 2.17 bits per heavy atom. The predicted octanol–water partition coefficient (Wildman–Crippen LogP) is 2.91. The molecule has 1 fully saturated rings. The van der Waals surface area contributed by atoms with E-state index in [4.69, 9.17) is 0 Å². The highest BCUT2D eigenvalue weighted by atomic mass is 15.2. The summed E-state index contributed by atoms with van der Waals surface area (Å²) in [4.78, 5) is 2.68. The Bertz CT molecular complexity index is 114. The Morgan fingerprint density at radius 2 is 1.75 bits per heavy atom. The zero-order chi connectivity index (χ0) is 8.97. The molecule has 0 saturated carbocycles. The molecule has 0 aromatic carbocycles. The van der Waals surface area contributed by atoms with Gasteiger partial charge >= 0.3 is 0 Å². The van der Waals surface area contributed by atoms with E-state index < -0.39 is 0 Å². The first-order chi connectivity index (χ1) is 5.74. The lowest BCUT2D eigenvalue weighted by molar-refractivity contribution is 0.207. The Morgan fingerprint density at radius 1 is 1.17 bits per heavy atom. The maximum Gasteiger partial charge on any atom is 0.00950 e. The van der Waals surface area contributed by atoms with Crippen LogP contribution in [0.2, 0.25) is 0 Å². The monoisotopic (exact) mass is 169 g/mol. The maximum absolute atomic E-state index is 2.68. The quantitative estimate of drug-likeness (QED) is 0.625. The van der Waals surface area contributed by atoms with Crippen molar-refractivity contribution in [1.82, 2.24) is 4.90 Å². The van der Waals surface area contributed by atoms with Crippen LogP contribution in [0.1, 0.15) is 46.5 Å². The molecule has 0 aliphatic carbocycles. The summed E-state index contributed by atoms with van der Waals surface area (Å²) in [7, 11) is 0. The molecule has 0 N–H and O–H groups in total. The fourth-order valence-corrected chi connectivity index (χ4v) is 2.22. The van der Waals surface area contributed by atoms with Crippen molar-refractivity contribution in [3.8, 4) is 0 Å². The third-order valence-corrected chi connectivity index (χ3v) is 2.87. The summed E-state index contributed by atoms with van der Waals surface area (Å²) in [5.74, 6) is 0.857. The Kier molecular flexibility index (Phi) is 4.07. The Hall–Kier alpha value is -0.0400. The molecule has 0 radical (unpaired) electrons. The molecule has 0 spiro atoms. The molecule has 1 saturated heterocycles. The second kappa shape index (κ2) is 4.86. The molecular formula is C11H23N. The number of hydrogen-bond acceptors (Lipinski definition) is 1. The summed E-state index contributed by atoms with van der Waals surface area (Å²) in [6.07, 6.45) is 5.57. The largest absolute Gasteiger partial charge is 0.300 e. The minimum Gasteiger partial charge on any atom is -0.300 e. The zero-order valence-electron chi connectivity index (χ0n) is 8.84. The summed E-state index contributed by atoms with van der Waals surface area (Å²) in [6.45, 7) is 9.69. The molecule has 1 aliphatic heterocycles. The van der Waals surface area contributed by atoms with Gasteiger partial charge in [-0.05, 0) is 44.7 Å². The highest BCUT2D eigenvalue weighted by molar-refractivity contribution is 4.75. The normalized spacial score (nSPS) is 22.0. The molecule has 72 valence electrons. The van der Waals surface area contributed by atoms with Crippen LogP contribution >= 0.6 is 0 Å². The molecule has 1 aliphatic rings. The highest BCUT2D eigenvalue weighted by Gasteiger charge is 2.20. The van der Waals surface area contributed by atoms with Crippen molar-refractivity contribution in [2.45, 2.75) is 52.5 Å². The molecule has 0 bridgehead atoms. The number of rotatable bonds is 4. The number of nitrogens with zero attached hydrogens (tertiary/aromatic N) is 1. The molecule has 1 heteroatoms. The van der Waals surface area contributed by atoms with Crippen LogP contribution in [0.5, 0.6) is 0 Å².